The van der Waals surface area contributed by atoms with Crippen molar-refractivity contribution in [2.45, 2.75) is 18.9 Å². The van der Waals surface area contributed by atoms with Gasteiger partial charge in [-0.1, -0.05) is 58.4 Å². The highest BCUT2D eigenvalue weighted by molar-refractivity contribution is 9.10. The van der Waals surface area contributed by atoms with Crippen molar-refractivity contribution in [3.05, 3.63) is 70.2 Å². The first-order chi connectivity index (χ1) is 11.3. The van der Waals surface area contributed by atoms with Crippen LogP contribution in [0.1, 0.15) is 30.1 Å². The molecule has 0 bridgehead atoms. The molecule has 1 aliphatic heterocycles. The van der Waals surface area contributed by atoms with Gasteiger partial charge in [0, 0.05) is 24.1 Å². The molecule has 1 unspecified atom stereocenters. The molecule has 1 heterocycles. The third-order valence-electron chi connectivity index (χ3n) is 4.10. The smallest absolute Gasteiger partial charge is 0.108 e. The molecule has 2 aromatic rings. The highest BCUT2D eigenvalue weighted by Crippen LogP contribution is 2.27. The van der Waals surface area contributed by atoms with Crippen molar-refractivity contribution in [3.63, 3.8) is 0 Å². The summed E-state index contributed by atoms with van der Waals surface area (Å²) in [6.07, 6.45) is 2.56. The average molecular weight is 412 g/mol. The van der Waals surface area contributed by atoms with Gasteiger partial charge in [-0.25, -0.2) is 5.01 Å². The van der Waals surface area contributed by atoms with E-state index < -0.39 is 0 Å². The van der Waals surface area contributed by atoms with Crippen LogP contribution in [0.2, 0.25) is 0 Å². The summed E-state index contributed by atoms with van der Waals surface area (Å²) in [6.45, 7) is 3.83. The van der Waals surface area contributed by atoms with E-state index in [4.69, 9.17) is 4.74 Å². The minimum atomic E-state index is -0.0234. The van der Waals surface area contributed by atoms with E-state index in [-0.39, 0.29) is 18.5 Å². The Morgan fingerprint density at radius 2 is 1.58 bits per heavy atom. The molecule has 24 heavy (non-hydrogen) atoms. The molecule has 0 aromatic heterocycles. The molecular formula is C19H24BrClN2O. The van der Waals surface area contributed by atoms with Crippen LogP contribution in [0.15, 0.2) is 59.1 Å². The minimum absolute atomic E-state index is 0. The maximum absolute atomic E-state index is 6.21. The lowest BCUT2D eigenvalue weighted by atomic mass is 10.0. The lowest BCUT2D eigenvalue weighted by Gasteiger charge is -2.21. The average Bonchev–Trinajstić information content (AvgIpc) is 3.10. The van der Waals surface area contributed by atoms with E-state index in [0.29, 0.717) is 6.61 Å². The first-order valence-electron chi connectivity index (χ1n) is 8.23. The molecule has 1 N–H and O–H groups in total. The number of benzene rings is 2. The molecule has 3 rings (SSSR count). The maximum Gasteiger partial charge on any atom is 0.108 e. The van der Waals surface area contributed by atoms with Crippen LogP contribution < -0.4 is 5.43 Å². The number of rotatable bonds is 7. The Kier molecular flexibility index (Phi) is 8.22. The van der Waals surface area contributed by atoms with Crippen molar-refractivity contribution in [3.8, 4) is 0 Å². The molecule has 0 radical (unpaired) electrons. The maximum atomic E-state index is 6.21. The first kappa shape index (κ1) is 19.4. The predicted octanol–water partition coefficient (Wildman–Crippen LogP) is 4.58. The number of hydrogen-bond donors (Lipinski definition) is 1. The van der Waals surface area contributed by atoms with Gasteiger partial charge in [-0.05, 0) is 36.1 Å². The Hall–Kier alpha value is -0.910. The highest BCUT2D eigenvalue weighted by atomic mass is 79.9. The van der Waals surface area contributed by atoms with E-state index in [1.807, 2.05) is 6.07 Å². The lowest BCUT2D eigenvalue weighted by Crippen LogP contribution is -2.37. The number of ether oxygens (including phenoxy) is 1. The standard InChI is InChI=1S/C19H23BrN2O.ClH/c20-18-10-8-17(9-11-18)19(16-6-2-1-3-7-16)23-15-12-21-22-13-4-5-14-22;/h1-3,6-11,19,21H,4-5,12-15H2;1H. The topological polar surface area (TPSA) is 24.5 Å². The monoisotopic (exact) mass is 410 g/mol. The normalized spacial score (nSPS) is 15.9. The fourth-order valence-corrected chi connectivity index (χ4v) is 3.17. The van der Waals surface area contributed by atoms with Gasteiger partial charge in [0.2, 0.25) is 0 Å². The summed E-state index contributed by atoms with van der Waals surface area (Å²) in [6, 6.07) is 18.8. The quantitative estimate of drug-likeness (QED) is 0.675. The van der Waals surface area contributed by atoms with Crippen molar-refractivity contribution in [2.24, 2.45) is 0 Å². The molecule has 1 saturated heterocycles. The zero-order chi connectivity index (χ0) is 15.9. The summed E-state index contributed by atoms with van der Waals surface area (Å²) in [7, 11) is 0. The van der Waals surface area contributed by atoms with E-state index in [1.165, 1.54) is 24.0 Å². The molecule has 1 fully saturated rings. The molecule has 130 valence electrons. The molecule has 2 aromatic carbocycles. The number of hydrazine groups is 1. The lowest BCUT2D eigenvalue weighted by molar-refractivity contribution is 0.0691. The molecule has 1 aliphatic rings. The Labute approximate surface area is 158 Å². The summed E-state index contributed by atoms with van der Waals surface area (Å²) in [4.78, 5) is 0. The van der Waals surface area contributed by atoms with Crippen LogP contribution >= 0.6 is 28.3 Å². The minimum Gasteiger partial charge on any atom is -0.367 e. The number of hydrogen-bond acceptors (Lipinski definition) is 3. The fraction of sp³-hybridized carbons (Fsp3) is 0.368. The van der Waals surface area contributed by atoms with Crippen LogP contribution in [0, 0.1) is 0 Å². The predicted molar refractivity (Wildman–Crippen MR) is 104 cm³/mol. The second kappa shape index (κ2) is 10.2. The highest BCUT2D eigenvalue weighted by Gasteiger charge is 2.15. The number of nitrogens with zero attached hydrogens (tertiary/aromatic N) is 1. The van der Waals surface area contributed by atoms with Crippen molar-refractivity contribution >= 4 is 28.3 Å². The summed E-state index contributed by atoms with van der Waals surface area (Å²) in [5, 5.41) is 2.29. The van der Waals surface area contributed by atoms with Crippen LogP contribution in [0.3, 0.4) is 0 Å². The molecule has 0 saturated carbocycles. The van der Waals surface area contributed by atoms with Crippen LogP contribution in [-0.4, -0.2) is 31.3 Å². The number of nitrogens with one attached hydrogen (secondary N) is 1. The molecule has 0 spiro atoms. The van der Waals surface area contributed by atoms with E-state index >= 15 is 0 Å². The van der Waals surface area contributed by atoms with Gasteiger partial charge in [0.15, 0.2) is 0 Å². The van der Waals surface area contributed by atoms with E-state index in [1.54, 1.807) is 0 Å². The summed E-state index contributed by atoms with van der Waals surface area (Å²) >= 11 is 3.50. The Balaban J connectivity index is 0.00000208. The van der Waals surface area contributed by atoms with Crippen molar-refractivity contribution in [2.75, 3.05) is 26.2 Å². The van der Waals surface area contributed by atoms with Crippen molar-refractivity contribution < 1.29 is 4.74 Å². The van der Waals surface area contributed by atoms with Gasteiger partial charge in [-0.3, -0.25) is 5.43 Å². The van der Waals surface area contributed by atoms with Crippen molar-refractivity contribution in [1.82, 2.24) is 10.4 Å². The molecule has 0 amide bonds. The van der Waals surface area contributed by atoms with Gasteiger partial charge in [0.05, 0.1) is 6.61 Å². The first-order valence-corrected chi connectivity index (χ1v) is 9.03. The summed E-state index contributed by atoms with van der Waals surface area (Å²) in [5.41, 5.74) is 5.82. The molecular weight excluding hydrogens is 388 g/mol. The Bertz CT molecular complexity index is 588. The summed E-state index contributed by atoms with van der Waals surface area (Å²) < 4.78 is 7.30. The van der Waals surface area contributed by atoms with Gasteiger partial charge in [0.1, 0.15) is 6.10 Å². The summed E-state index contributed by atoms with van der Waals surface area (Å²) in [5.74, 6) is 0. The number of halogens is 2. The van der Waals surface area contributed by atoms with Crippen LogP contribution in [0.4, 0.5) is 0 Å². The van der Waals surface area contributed by atoms with E-state index in [9.17, 15) is 0 Å². The Morgan fingerprint density at radius 1 is 0.958 bits per heavy atom. The van der Waals surface area contributed by atoms with Gasteiger partial charge in [-0.2, -0.15) is 0 Å². The van der Waals surface area contributed by atoms with E-state index in [0.717, 1.165) is 24.1 Å². The molecule has 5 heteroatoms. The zero-order valence-electron chi connectivity index (χ0n) is 13.7. The van der Waals surface area contributed by atoms with Gasteiger partial charge in [0.25, 0.3) is 0 Å². The SMILES string of the molecule is Brc1ccc(C(OCCNN2CCCC2)c2ccccc2)cc1.Cl. The second-order valence-electron chi connectivity index (χ2n) is 5.82. The molecule has 1 atom stereocenters. The van der Waals surface area contributed by atoms with Crippen molar-refractivity contribution in [1.29, 1.82) is 0 Å². The Morgan fingerprint density at radius 3 is 2.25 bits per heavy atom. The van der Waals surface area contributed by atoms with E-state index in [2.05, 4.69) is 74.9 Å². The van der Waals surface area contributed by atoms with Gasteiger partial charge < -0.3 is 4.74 Å². The zero-order valence-corrected chi connectivity index (χ0v) is 16.1. The van der Waals surface area contributed by atoms with Gasteiger partial charge in [-0.15, -0.1) is 12.4 Å². The van der Waals surface area contributed by atoms with Crippen LogP contribution in [0.5, 0.6) is 0 Å². The van der Waals surface area contributed by atoms with Gasteiger partial charge >= 0.3 is 0 Å². The largest absolute Gasteiger partial charge is 0.367 e. The molecule has 0 aliphatic carbocycles. The third kappa shape index (κ3) is 5.57. The van der Waals surface area contributed by atoms with Crippen LogP contribution in [-0.2, 0) is 4.74 Å². The van der Waals surface area contributed by atoms with Crippen LogP contribution in [0.25, 0.3) is 0 Å². The molecule has 3 nitrogen and oxygen atoms in total. The third-order valence-corrected chi connectivity index (χ3v) is 4.63. The second-order valence-corrected chi connectivity index (χ2v) is 6.73. The fourth-order valence-electron chi connectivity index (χ4n) is 2.91.